The summed E-state index contributed by atoms with van der Waals surface area (Å²) in [6.07, 6.45) is 0. The van der Waals surface area contributed by atoms with Gasteiger partial charge in [-0.15, -0.1) is 0 Å². The van der Waals surface area contributed by atoms with Gasteiger partial charge in [0.25, 0.3) is 0 Å². The van der Waals surface area contributed by atoms with Gasteiger partial charge in [-0.25, -0.2) is 4.39 Å². The molecule has 0 aliphatic heterocycles. The number of nitrogens with one attached hydrogen (secondary N) is 1. The second-order valence-electron chi connectivity index (χ2n) is 1.69. The minimum absolute atomic E-state index is 0.120. The van der Waals surface area contributed by atoms with E-state index in [1.165, 1.54) is 6.92 Å². The monoisotopic (exact) mass is 135 g/mol. The topological polar surface area (TPSA) is 15.8 Å². The Morgan fingerprint density at radius 3 is 1.78 bits per heavy atom. The lowest BCUT2D eigenvalue weighted by Gasteiger charge is -1.78. The Morgan fingerprint density at radius 2 is 1.67 bits per heavy atom. The maximum Gasteiger partial charge on any atom is 0.230 e. The number of halogens is 3. The van der Waals surface area contributed by atoms with Crippen molar-refractivity contribution in [3.63, 3.8) is 0 Å². The lowest BCUT2D eigenvalue weighted by Crippen LogP contribution is -1.77. The maximum absolute atomic E-state index is 12.1. The van der Waals surface area contributed by atoms with Crippen molar-refractivity contribution in [2.45, 2.75) is 6.92 Å². The third-order valence-corrected chi connectivity index (χ3v) is 1.01. The summed E-state index contributed by atoms with van der Waals surface area (Å²) in [6, 6.07) is 0. The van der Waals surface area contributed by atoms with Gasteiger partial charge in [0.1, 0.15) is 0 Å². The van der Waals surface area contributed by atoms with Gasteiger partial charge in [0.05, 0.1) is 5.69 Å². The molecule has 0 saturated heterocycles. The van der Waals surface area contributed by atoms with Crippen LogP contribution in [0.15, 0.2) is 0 Å². The second-order valence-corrected chi connectivity index (χ2v) is 1.69. The molecule has 1 rings (SSSR count). The molecule has 0 atom stereocenters. The van der Waals surface area contributed by atoms with Crippen molar-refractivity contribution in [1.29, 1.82) is 0 Å². The van der Waals surface area contributed by atoms with Gasteiger partial charge in [-0.2, -0.15) is 8.78 Å². The highest BCUT2D eigenvalue weighted by Crippen LogP contribution is 2.11. The van der Waals surface area contributed by atoms with Gasteiger partial charge in [-0.05, 0) is 6.92 Å². The van der Waals surface area contributed by atoms with E-state index in [1.807, 2.05) is 4.98 Å². The predicted octanol–water partition coefficient (Wildman–Crippen LogP) is 1.74. The fourth-order valence-corrected chi connectivity index (χ4v) is 0.535. The Hall–Kier alpha value is -0.930. The van der Waals surface area contributed by atoms with Crippen molar-refractivity contribution in [2.75, 3.05) is 0 Å². The Morgan fingerprint density at radius 1 is 1.11 bits per heavy atom. The molecule has 1 N–H and O–H groups in total. The van der Waals surface area contributed by atoms with E-state index in [0.29, 0.717) is 0 Å². The van der Waals surface area contributed by atoms with Crippen LogP contribution in [-0.2, 0) is 0 Å². The van der Waals surface area contributed by atoms with Gasteiger partial charge < -0.3 is 4.98 Å². The molecular formula is C5H4F3N. The average molecular weight is 135 g/mol. The SMILES string of the molecule is Cc1[nH]c(F)c(F)c1F. The highest BCUT2D eigenvalue weighted by Gasteiger charge is 2.13. The highest BCUT2D eigenvalue weighted by molar-refractivity contribution is 5.08. The quantitative estimate of drug-likeness (QED) is 0.557. The van der Waals surface area contributed by atoms with E-state index >= 15 is 0 Å². The molecule has 0 aliphatic carbocycles. The summed E-state index contributed by atoms with van der Waals surface area (Å²) < 4.78 is 36.0. The fourth-order valence-electron chi connectivity index (χ4n) is 0.535. The van der Waals surface area contributed by atoms with Gasteiger partial charge >= 0.3 is 0 Å². The van der Waals surface area contributed by atoms with Crippen LogP contribution in [0.4, 0.5) is 13.2 Å². The van der Waals surface area contributed by atoms with Crippen LogP contribution in [0.2, 0.25) is 0 Å². The van der Waals surface area contributed by atoms with Gasteiger partial charge in [-0.1, -0.05) is 0 Å². The highest BCUT2D eigenvalue weighted by atomic mass is 19.2. The molecule has 0 bridgehead atoms. The largest absolute Gasteiger partial charge is 0.331 e. The van der Waals surface area contributed by atoms with Crippen LogP contribution in [0, 0.1) is 24.5 Å². The molecule has 1 heterocycles. The van der Waals surface area contributed by atoms with Gasteiger partial charge in [0.15, 0.2) is 5.82 Å². The molecule has 4 heteroatoms. The molecule has 0 fully saturated rings. The Balaban J connectivity index is 3.29. The summed E-state index contributed by atoms with van der Waals surface area (Å²) in [7, 11) is 0. The zero-order valence-electron chi connectivity index (χ0n) is 4.63. The number of hydrogen-bond donors (Lipinski definition) is 1. The normalized spacial score (nSPS) is 10.2. The number of hydrogen-bond acceptors (Lipinski definition) is 0. The first-order chi connectivity index (χ1) is 4.13. The molecule has 0 amide bonds. The van der Waals surface area contributed by atoms with E-state index in [1.54, 1.807) is 0 Å². The molecule has 0 saturated carbocycles. The summed E-state index contributed by atoms with van der Waals surface area (Å²) in [4.78, 5) is 1.86. The standard InChI is InChI=1S/C5H4F3N/c1-2-3(6)4(7)5(8)9-2/h9H,1H3. The molecule has 9 heavy (non-hydrogen) atoms. The Labute approximate surface area is 49.5 Å². The van der Waals surface area contributed by atoms with Crippen LogP contribution < -0.4 is 0 Å². The predicted molar refractivity (Wildman–Crippen MR) is 25.4 cm³/mol. The first-order valence-electron chi connectivity index (χ1n) is 2.32. The smallest absolute Gasteiger partial charge is 0.230 e. The molecular weight excluding hydrogens is 131 g/mol. The molecule has 0 unspecified atom stereocenters. The van der Waals surface area contributed by atoms with Crippen LogP contribution in [-0.4, -0.2) is 4.98 Å². The minimum atomic E-state index is -1.44. The van der Waals surface area contributed by atoms with Crippen LogP contribution >= 0.6 is 0 Å². The molecule has 0 spiro atoms. The molecule has 1 aromatic rings. The van der Waals surface area contributed by atoms with Crippen molar-refractivity contribution in [1.82, 2.24) is 4.98 Å². The average Bonchev–Trinajstić information content (AvgIpc) is 1.98. The van der Waals surface area contributed by atoms with E-state index in [2.05, 4.69) is 0 Å². The van der Waals surface area contributed by atoms with Crippen LogP contribution in [0.1, 0.15) is 5.69 Å². The number of H-pyrrole nitrogens is 1. The molecule has 0 radical (unpaired) electrons. The minimum Gasteiger partial charge on any atom is -0.331 e. The summed E-state index contributed by atoms with van der Waals surface area (Å²) in [6.45, 7) is 1.25. The van der Waals surface area contributed by atoms with Crippen molar-refractivity contribution in [3.05, 3.63) is 23.3 Å². The summed E-state index contributed by atoms with van der Waals surface area (Å²) >= 11 is 0. The summed E-state index contributed by atoms with van der Waals surface area (Å²) in [5.41, 5.74) is -0.120. The lowest BCUT2D eigenvalue weighted by atomic mass is 10.4. The van der Waals surface area contributed by atoms with E-state index < -0.39 is 17.6 Å². The van der Waals surface area contributed by atoms with Crippen LogP contribution in [0.3, 0.4) is 0 Å². The number of rotatable bonds is 0. The number of aromatic amines is 1. The molecule has 0 aliphatic rings. The van der Waals surface area contributed by atoms with E-state index in [9.17, 15) is 13.2 Å². The first kappa shape index (κ1) is 6.19. The van der Waals surface area contributed by atoms with Crippen molar-refractivity contribution in [3.8, 4) is 0 Å². The molecule has 50 valence electrons. The summed E-state index contributed by atoms with van der Waals surface area (Å²) in [5, 5.41) is 0. The second kappa shape index (κ2) is 1.79. The zero-order valence-corrected chi connectivity index (χ0v) is 4.63. The molecule has 1 aromatic heterocycles. The molecule has 1 nitrogen and oxygen atoms in total. The molecule has 0 aromatic carbocycles. The van der Waals surface area contributed by atoms with E-state index in [-0.39, 0.29) is 5.69 Å². The third-order valence-electron chi connectivity index (χ3n) is 1.01. The Bertz CT molecular complexity index is 206. The van der Waals surface area contributed by atoms with Crippen LogP contribution in [0.25, 0.3) is 0 Å². The lowest BCUT2D eigenvalue weighted by molar-refractivity contribution is 0.452. The first-order valence-corrected chi connectivity index (χ1v) is 2.32. The van der Waals surface area contributed by atoms with Gasteiger partial charge in [0, 0.05) is 0 Å². The fraction of sp³-hybridized carbons (Fsp3) is 0.200. The van der Waals surface area contributed by atoms with Gasteiger partial charge in [-0.3, -0.25) is 0 Å². The maximum atomic E-state index is 12.1. The summed E-state index contributed by atoms with van der Waals surface area (Å²) in [5.74, 6) is -3.83. The van der Waals surface area contributed by atoms with Crippen molar-refractivity contribution >= 4 is 0 Å². The van der Waals surface area contributed by atoms with E-state index in [0.717, 1.165) is 0 Å². The van der Waals surface area contributed by atoms with Crippen molar-refractivity contribution < 1.29 is 13.2 Å². The van der Waals surface area contributed by atoms with E-state index in [4.69, 9.17) is 0 Å². The number of aromatic nitrogens is 1. The Kier molecular flexibility index (Phi) is 1.23. The third kappa shape index (κ3) is 0.800. The van der Waals surface area contributed by atoms with Crippen LogP contribution in [0.5, 0.6) is 0 Å². The van der Waals surface area contributed by atoms with Crippen molar-refractivity contribution in [2.24, 2.45) is 0 Å². The van der Waals surface area contributed by atoms with Gasteiger partial charge in [0.2, 0.25) is 11.8 Å². The number of aryl methyl sites for hydroxylation is 1. The zero-order chi connectivity index (χ0) is 7.02.